The zero-order chi connectivity index (χ0) is 20.5. The van der Waals surface area contributed by atoms with E-state index in [0.29, 0.717) is 5.56 Å². The van der Waals surface area contributed by atoms with Crippen molar-refractivity contribution >= 4 is 16.8 Å². The standard InChI is InChI=1S/C22H24N6O/c1-5-28-11-10-19(26-28)15(3)23-22(29)17-12-21(18-13-27(4)25-14(18)2)24-20-9-7-6-8-16(17)20/h6-13,15H,5H2,1-4H3,(H,23,29). The fourth-order valence-electron chi connectivity index (χ4n) is 3.49. The van der Waals surface area contributed by atoms with Gasteiger partial charge in [-0.1, -0.05) is 18.2 Å². The first-order chi connectivity index (χ1) is 14.0. The van der Waals surface area contributed by atoms with Gasteiger partial charge in [0.15, 0.2) is 0 Å². The first-order valence-corrected chi connectivity index (χ1v) is 9.71. The van der Waals surface area contributed by atoms with E-state index in [0.717, 1.165) is 40.1 Å². The fraction of sp³-hybridized carbons (Fsp3) is 0.273. The van der Waals surface area contributed by atoms with E-state index < -0.39 is 0 Å². The monoisotopic (exact) mass is 388 g/mol. The summed E-state index contributed by atoms with van der Waals surface area (Å²) < 4.78 is 3.61. The molecule has 0 aliphatic heterocycles. The number of nitrogens with zero attached hydrogens (tertiary/aromatic N) is 5. The number of nitrogens with one attached hydrogen (secondary N) is 1. The molecule has 0 aliphatic carbocycles. The molecule has 0 saturated heterocycles. The molecule has 3 heterocycles. The van der Waals surface area contributed by atoms with Gasteiger partial charge in [-0.25, -0.2) is 4.98 Å². The van der Waals surface area contributed by atoms with E-state index >= 15 is 0 Å². The van der Waals surface area contributed by atoms with Gasteiger partial charge in [0.2, 0.25) is 0 Å². The van der Waals surface area contributed by atoms with Crippen molar-refractivity contribution in [1.29, 1.82) is 0 Å². The average molecular weight is 388 g/mol. The van der Waals surface area contributed by atoms with Crippen LogP contribution in [-0.4, -0.2) is 30.5 Å². The Labute approximate surface area is 169 Å². The molecule has 1 unspecified atom stereocenters. The van der Waals surface area contributed by atoms with Crippen LogP contribution in [0.25, 0.3) is 22.2 Å². The summed E-state index contributed by atoms with van der Waals surface area (Å²) >= 11 is 0. The number of aromatic nitrogens is 5. The Balaban J connectivity index is 1.73. The lowest BCUT2D eigenvalue weighted by Crippen LogP contribution is -2.27. The van der Waals surface area contributed by atoms with Crippen molar-refractivity contribution in [3.63, 3.8) is 0 Å². The second-order valence-corrected chi connectivity index (χ2v) is 7.17. The number of amides is 1. The molecule has 4 aromatic rings. The summed E-state index contributed by atoms with van der Waals surface area (Å²) in [4.78, 5) is 18.0. The normalized spacial score (nSPS) is 12.3. The highest BCUT2D eigenvalue weighted by Gasteiger charge is 2.19. The molecular weight excluding hydrogens is 364 g/mol. The van der Waals surface area contributed by atoms with Crippen LogP contribution in [0.4, 0.5) is 0 Å². The molecule has 7 nitrogen and oxygen atoms in total. The van der Waals surface area contributed by atoms with Gasteiger partial charge in [0, 0.05) is 36.9 Å². The molecule has 29 heavy (non-hydrogen) atoms. The molecule has 4 rings (SSSR count). The van der Waals surface area contributed by atoms with Gasteiger partial charge in [0.05, 0.1) is 34.2 Å². The van der Waals surface area contributed by atoms with Gasteiger partial charge in [0.25, 0.3) is 5.91 Å². The number of carbonyl (C=O) groups is 1. The summed E-state index contributed by atoms with van der Waals surface area (Å²) in [6.07, 6.45) is 3.84. The van der Waals surface area contributed by atoms with E-state index in [-0.39, 0.29) is 11.9 Å². The Morgan fingerprint density at radius 2 is 2.00 bits per heavy atom. The van der Waals surface area contributed by atoms with E-state index in [4.69, 9.17) is 4.98 Å². The minimum atomic E-state index is -0.203. The van der Waals surface area contributed by atoms with Gasteiger partial charge < -0.3 is 5.32 Å². The van der Waals surface area contributed by atoms with E-state index in [9.17, 15) is 4.79 Å². The molecule has 148 valence electrons. The van der Waals surface area contributed by atoms with Crippen LogP contribution >= 0.6 is 0 Å². The third-order valence-corrected chi connectivity index (χ3v) is 5.03. The zero-order valence-electron chi connectivity index (χ0n) is 17.0. The van der Waals surface area contributed by atoms with Crippen molar-refractivity contribution in [3.8, 4) is 11.3 Å². The molecule has 1 N–H and O–H groups in total. The molecule has 3 aromatic heterocycles. The quantitative estimate of drug-likeness (QED) is 0.566. The molecule has 1 amide bonds. The van der Waals surface area contributed by atoms with Crippen LogP contribution in [0.5, 0.6) is 0 Å². The molecule has 0 fully saturated rings. The smallest absolute Gasteiger partial charge is 0.252 e. The van der Waals surface area contributed by atoms with Crippen LogP contribution in [0, 0.1) is 6.92 Å². The van der Waals surface area contributed by atoms with Crippen LogP contribution in [0.15, 0.2) is 48.8 Å². The van der Waals surface area contributed by atoms with Crippen LogP contribution in [0.3, 0.4) is 0 Å². The van der Waals surface area contributed by atoms with Gasteiger partial charge >= 0.3 is 0 Å². The summed E-state index contributed by atoms with van der Waals surface area (Å²) in [5, 5.41) is 12.8. The first-order valence-electron chi connectivity index (χ1n) is 9.71. The highest BCUT2D eigenvalue weighted by molar-refractivity contribution is 6.07. The third kappa shape index (κ3) is 3.63. The van der Waals surface area contributed by atoms with Gasteiger partial charge in [0.1, 0.15) is 0 Å². The lowest BCUT2D eigenvalue weighted by atomic mass is 10.0. The maximum atomic E-state index is 13.2. The summed E-state index contributed by atoms with van der Waals surface area (Å²) in [7, 11) is 1.88. The molecular formula is C22H24N6O. The number of para-hydroxylation sites is 1. The number of carbonyl (C=O) groups excluding carboxylic acids is 1. The maximum Gasteiger partial charge on any atom is 0.252 e. The number of hydrogen-bond acceptors (Lipinski definition) is 4. The van der Waals surface area contributed by atoms with Crippen molar-refractivity contribution in [1.82, 2.24) is 29.9 Å². The minimum absolute atomic E-state index is 0.148. The molecule has 0 aliphatic rings. The van der Waals surface area contributed by atoms with Crippen molar-refractivity contribution in [2.75, 3.05) is 0 Å². The van der Waals surface area contributed by atoms with Crippen molar-refractivity contribution < 1.29 is 4.79 Å². The Bertz CT molecular complexity index is 1190. The van der Waals surface area contributed by atoms with Crippen LogP contribution < -0.4 is 5.32 Å². The number of fused-ring (bicyclic) bond motifs is 1. The van der Waals surface area contributed by atoms with Crippen LogP contribution in [-0.2, 0) is 13.6 Å². The van der Waals surface area contributed by atoms with Gasteiger partial charge in [-0.2, -0.15) is 10.2 Å². The minimum Gasteiger partial charge on any atom is -0.344 e. The van der Waals surface area contributed by atoms with E-state index in [2.05, 4.69) is 15.5 Å². The van der Waals surface area contributed by atoms with Gasteiger partial charge in [-0.3, -0.25) is 14.2 Å². The predicted molar refractivity (Wildman–Crippen MR) is 112 cm³/mol. The zero-order valence-corrected chi connectivity index (χ0v) is 17.0. The molecule has 0 bridgehead atoms. The Morgan fingerprint density at radius 3 is 2.69 bits per heavy atom. The topological polar surface area (TPSA) is 77.6 Å². The van der Waals surface area contributed by atoms with Crippen LogP contribution in [0.2, 0.25) is 0 Å². The number of hydrogen-bond donors (Lipinski definition) is 1. The number of rotatable bonds is 5. The average Bonchev–Trinajstić information content (AvgIpc) is 3.33. The molecule has 0 spiro atoms. The second-order valence-electron chi connectivity index (χ2n) is 7.17. The van der Waals surface area contributed by atoms with E-state index in [1.165, 1.54) is 0 Å². The van der Waals surface area contributed by atoms with Gasteiger partial charge in [-0.05, 0) is 39.0 Å². The largest absolute Gasteiger partial charge is 0.344 e. The van der Waals surface area contributed by atoms with E-state index in [1.807, 2.05) is 81.3 Å². The Morgan fingerprint density at radius 1 is 1.21 bits per heavy atom. The number of aryl methyl sites for hydroxylation is 3. The SMILES string of the molecule is CCn1ccc(C(C)NC(=O)c2cc(-c3cn(C)nc3C)nc3ccccc23)n1. The molecule has 1 atom stereocenters. The third-order valence-electron chi connectivity index (χ3n) is 5.03. The van der Waals surface area contributed by atoms with Crippen molar-refractivity contribution in [2.45, 2.75) is 33.4 Å². The summed E-state index contributed by atoms with van der Waals surface area (Å²) in [5.41, 5.74) is 4.74. The maximum absolute atomic E-state index is 13.2. The molecule has 1 aromatic carbocycles. The first kappa shape index (κ1) is 18.9. The fourth-order valence-corrected chi connectivity index (χ4v) is 3.49. The highest BCUT2D eigenvalue weighted by atomic mass is 16.1. The van der Waals surface area contributed by atoms with E-state index in [1.54, 1.807) is 4.68 Å². The number of benzene rings is 1. The van der Waals surface area contributed by atoms with Crippen molar-refractivity contribution in [2.24, 2.45) is 7.05 Å². The molecule has 0 radical (unpaired) electrons. The second kappa shape index (κ2) is 7.50. The Kier molecular flexibility index (Phi) is 4.88. The van der Waals surface area contributed by atoms with Crippen molar-refractivity contribution in [3.05, 3.63) is 65.7 Å². The Hall–Kier alpha value is -3.48. The molecule has 0 saturated carbocycles. The predicted octanol–water partition coefficient (Wildman–Crippen LogP) is 3.65. The van der Waals surface area contributed by atoms with Gasteiger partial charge in [-0.15, -0.1) is 0 Å². The lowest BCUT2D eigenvalue weighted by molar-refractivity contribution is 0.0940. The number of pyridine rings is 1. The highest BCUT2D eigenvalue weighted by Crippen LogP contribution is 2.27. The summed E-state index contributed by atoms with van der Waals surface area (Å²) in [6, 6.07) is 11.3. The molecule has 7 heteroatoms. The van der Waals surface area contributed by atoms with Crippen LogP contribution in [0.1, 0.15) is 41.6 Å². The summed E-state index contributed by atoms with van der Waals surface area (Å²) in [5.74, 6) is -0.148. The summed E-state index contributed by atoms with van der Waals surface area (Å²) in [6.45, 7) is 6.71. The lowest BCUT2D eigenvalue weighted by Gasteiger charge is -2.14.